The zero-order valence-electron chi connectivity index (χ0n) is 11.3. The van der Waals surface area contributed by atoms with Crippen LogP contribution in [-0.2, 0) is 14.8 Å². The van der Waals surface area contributed by atoms with Crippen molar-refractivity contribution in [3.8, 4) is 0 Å². The molecule has 0 aliphatic carbocycles. The topological polar surface area (TPSA) is 54.5 Å². The lowest BCUT2D eigenvalue weighted by atomic mass is 10.1. The maximum absolute atomic E-state index is 12.4. The quantitative estimate of drug-likeness (QED) is 0.779. The summed E-state index contributed by atoms with van der Waals surface area (Å²) in [4.78, 5) is 12.3. The number of amides is 1. The van der Waals surface area contributed by atoms with Crippen molar-refractivity contribution in [3.05, 3.63) is 41.5 Å². The predicted octanol–water partition coefficient (Wildman–Crippen LogP) is 2.11. The average molecular weight is 279 g/mol. The van der Waals surface area contributed by atoms with Crippen molar-refractivity contribution in [2.24, 2.45) is 5.92 Å². The monoisotopic (exact) mass is 279 g/mol. The lowest BCUT2D eigenvalue weighted by Gasteiger charge is -2.16. The first kappa shape index (κ1) is 13.8. The predicted molar refractivity (Wildman–Crippen MR) is 73.0 cm³/mol. The van der Waals surface area contributed by atoms with Gasteiger partial charge in [-0.05, 0) is 26.0 Å². The van der Waals surface area contributed by atoms with E-state index in [9.17, 15) is 13.2 Å². The zero-order chi connectivity index (χ0) is 14.2. The molecule has 0 N–H and O–H groups in total. The Labute approximate surface area is 113 Å². The molecule has 1 aromatic carbocycles. The van der Waals surface area contributed by atoms with Crippen LogP contribution >= 0.6 is 0 Å². The van der Waals surface area contributed by atoms with Gasteiger partial charge in [0, 0.05) is 18.0 Å². The highest BCUT2D eigenvalue weighted by molar-refractivity contribution is 7.89. The summed E-state index contributed by atoms with van der Waals surface area (Å²) in [5.41, 5.74) is 1.55. The number of carbonyl (C=O) groups excluding carboxylic acids is 1. The summed E-state index contributed by atoms with van der Waals surface area (Å²) >= 11 is 0. The molecule has 1 saturated heterocycles. The number of allylic oxidation sites excluding steroid dienone is 1. The van der Waals surface area contributed by atoms with E-state index in [1.165, 1.54) is 12.1 Å². The molecule has 4 nitrogen and oxygen atoms in total. The van der Waals surface area contributed by atoms with Gasteiger partial charge in [0.15, 0.2) is 0 Å². The van der Waals surface area contributed by atoms with Crippen LogP contribution in [0.3, 0.4) is 0 Å². The molecule has 1 fully saturated rings. The van der Waals surface area contributed by atoms with E-state index in [4.69, 9.17) is 0 Å². The summed E-state index contributed by atoms with van der Waals surface area (Å²) in [6.07, 6.45) is 1.69. The number of benzene rings is 1. The van der Waals surface area contributed by atoms with E-state index in [1.54, 1.807) is 25.1 Å². The Kier molecular flexibility index (Phi) is 3.49. The number of nitrogens with zero attached hydrogens (tertiary/aromatic N) is 1. The summed E-state index contributed by atoms with van der Waals surface area (Å²) in [5.74, 6) is -0.465. The Balaban J connectivity index is 2.42. The Bertz CT molecular complexity index is 629. The van der Waals surface area contributed by atoms with E-state index in [2.05, 4.69) is 0 Å². The van der Waals surface area contributed by atoms with Crippen LogP contribution in [0.2, 0.25) is 0 Å². The smallest absolute Gasteiger partial charge is 0.266 e. The van der Waals surface area contributed by atoms with Gasteiger partial charge in [-0.3, -0.25) is 4.79 Å². The lowest BCUT2D eigenvalue weighted by molar-refractivity contribution is -0.120. The van der Waals surface area contributed by atoms with Gasteiger partial charge in [0.2, 0.25) is 0 Å². The highest BCUT2D eigenvalue weighted by Crippen LogP contribution is 2.29. The first-order valence-corrected chi connectivity index (χ1v) is 7.62. The highest BCUT2D eigenvalue weighted by Gasteiger charge is 2.39. The van der Waals surface area contributed by atoms with Crippen LogP contribution in [0.15, 0.2) is 40.8 Å². The van der Waals surface area contributed by atoms with E-state index < -0.39 is 15.9 Å². The van der Waals surface area contributed by atoms with E-state index >= 15 is 0 Å². The average Bonchev–Trinajstić information content (AvgIpc) is 2.65. The van der Waals surface area contributed by atoms with E-state index in [0.717, 1.165) is 9.87 Å². The van der Waals surface area contributed by atoms with Crippen LogP contribution in [0, 0.1) is 12.8 Å². The largest absolute Gasteiger partial charge is 0.268 e. The number of hydrogen-bond donors (Lipinski definition) is 0. The molecule has 1 aromatic rings. The number of hydrogen-bond acceptors (Lipinski definition) is 3. The van der Waals surface area contributed by atoms with E-state index in [1.807, 2.05) is 13.8 Å². The van der Waals surface area contributed by atoms with Crippen LogP contribution in [0.25, 0.3) is 0 Å². The van der Waals surface area contributed by atoms with Gasteiger partial charge in [0.05, 0.1) is 4.90 Å². The normalized spacial score (nSPS) is 22.3. The van der Waals surface area contributed by atoms with Crippen molar-refractivity contribution in [2.75, 3.05) is 6.54 Å². The van der Waals surface area contributed by atoms with Gasteiger partial charge in [0.1, 0.15) is 0 Å². The second-order valence-electron chi connectivity index (χ2n) is 4.80. The fraction of sp³-hybridized carbons (Fsp3) is 0.357. The molecular weight excluding hydrogens is 262 g/mol. The molecule has 1 unspecified atom stereocenters. The lowest BCUT2D eigenvalue weighted by Crippen LogP contribution is -2.32. The van der Waals surface area contributed by atoms with Crippen LogP contribution in [-0.4, -0.2) is 25.2 Å². The SMILES string of the molecule is C/C=C1\C(=O)N(S(=O)(=O)c2ccc(C)cc2)CC1C. The summed E-state index contributed by atoms with van der Waals surface area (Å²) in [6, 6.07) is 6.54. The number of sulfonamides is 1. The van der Waals surface area contributed by atoms with Crippen molar-refractivity contribution in [2.45, 2.75) is 25.7 Å². The highest BCUT2D eigenvalue weighted by atomic mass is 32.2. The molecule has 19 heavy (non-hydrogen) atoms. The second kappa shape index (κ2) is 4.81. The molecule has 1 heterocycles. The van der Waals surface area contributed by atoms with E-state index in [-0.39, 0.29) is 17.4 Å². The molecule has 0 bridgehead atoms. The molecule has 5 heteroatoms. The number of carbonyl (C=O) groups is 1. The Morgan fingerprint density at radius 1 is 1.26 bits per heavy atom. The van der Waals surface area contributed by atoms with Crippen molar-refractivity contribution in [1.29, 1.82) is 0 Å². The van der Waals surface area contributed by atoms with E-state index in [0.29, 0.717) is 5.57 Å². The van der Waals surface area contributed by atoms with Crippen LogP contribution in [0.5, 0.6) is 0 Å². The van der Waals surface area contributed by atoms with Crippen molar-refractivity contribution < 1.29 is 13.2 Å². The molecule has 102 valence electrons. The fourth-order valence-corrected chi connectivity index (χ4v) is 3.72. The van der Waals surface area contributed by atoms with Crippen molar-refractivity contribution in [1.82, 2.24) is 4.31 Å². The molecule has 2 rings (SSSR count). The van der Waals surface area contributed by atoms with Gasteiger partial charge in [-0.1, -0.05) is 30.7 Å². The summed E-state index contributed by atoms with van der Waals surface area (Å²) in [6.45, 7) is 5.72. The van der Waals surface area contributed by atoms with Crippen LogP contribution < -0.4 is 0 Å². The van der Waals surface area contributed by atoms with Gasteiger partial charge >= 0.3 is 0 Å². The van der Waals surface area contributed by atoms with Gasteiger partial charge in [-0.2, -0.15) is 0 Å². The second-order valence-corrected chi connectivity index (χ2v) is 6.66. The van der Waals surface area contributed by atoms with Gasteiger partial charge in [-0.25, -0.2) is 12.7 Å². The Morgan fingerprint density at radius 2 is 1.84 bits per heavy atom. The van der Waals surface area contributed by atoms with Crippen molar-refractivity contribution in [3.63, 3.8) is 0 Å². The van der Waals surface area contributed by atoms with Gasteiger partial charge in [-0.15, -0.1) is 0 Å². The Hall–Kier alpha value is -1.62. The summed E-state index contributed by atoms with van der Waals surface area (Å²) in [7, 11) is -3.74. The van der Waals surface area contributed by atoms with Crippen LogP contribution in [0.4, 0.5) is 0 Å². The molecule has 0 spiro atoms. The van der Waals surface area contributed by atoms with Crippen molar-refractivity contribution >= 4 is 15.9 Å². The molecule has 1 atom stereocenters. The fourth-order valence-electron chi connectivity index (χ4n) is 2.24. The van der Waals surface area contributed by atoms with Gasteiger partial charge < -0.3 is 0 Å². The molecule has 1 aliphatic heterocycles. The summed E-state index contributed by atoms with van der Waals surface area (Å²) < 4.78 is 25.9. The minimum absolute atomic E-state index is 0.0577. The minimum atomic E-state index is -3.74. The third kappa shape index (κ3) is 2.30. The molecule has 1 aliphatic rings. The molecule has 0 radical (unpaired) electrons. The zero-order valence-corrected chi connectivity index (χ0v) is 12.1. The standard InChI is InChI=1S/C14H17NO3S/c1-4-13-11(3)9-15(14(13)16)19(17,18)12-7-5-10(2)6-8-12/h4-8,11H,9H2,1-3H3/b13-4-. The van der Waals surface area contributed by atoms with Gasteiger partial charge in [0.25, 0.3) is 15.9 Å². The third-order valence-electron chi connectivity index (χ3n) is 3.36. The summed E-state index contributed by atoms with van der Waals surface area (Å²) in [5, 5.41) is 0. The number of aryl methyl sites for hydroxylation is 1. The molecule has 1 amide bonds. The third-order valence-corrected chi connectivity index (χ3v) is 5.13. The molecular formula is C14H17NO3S. The minimum Gasteiger partial charge on any atom is -0.268 e. The first-order valence-electron chi connectivity index (χ1n) is 6.18. The maximum atomic E-state index is 12.4. The number of rotatable bonds is 2. The maximum Gasteiger partial charge on any atom is 0.266 e. The first-order chi connectivity index (χ1) is 8.87. The van der Waals surface area contributed by atoms with Crippen LogP contribution in [0.1, 0.15) is 19.4 Å². The molecule has 0 aromatic heterocycles. The molecule has 0 saturated carbocycles. The Morgan fingerprint density at radius 3 is 2.32 bits per heavy atom.